The second-order valence-electron chi connectivity index (χ2n) is 4.47. The summed E-state index contributed by atoms with van der Waals surface area (Å²) in [7, 11) is -2.17. The van der Waals surface area contributed by atoms with Crippen molar-refractivity contribution < 1.29 is 13.2 Å². The highest BCUT2D eigenvalue weighted by Gasteiger charge is 2.18. The predicted octanol–water partition coefficient (Wildman–Crippen LogP) is 3.15. The van der Waals surface area contributed by atoms with Gasteiger partial charge in [0.05, 0.1) is 12.8 Å². The van der Waals surface area contributed by atoms with Crippen molar-refractivity contribution in [2.75, 3.05) is 17.6 Å². The summed E-state index contributed by atoms with van der Waals surface area (Å²) in [6, 6.07) is 9.68. The number of benzene rings is 2. The number of sulfonamides is 1. The number of nitrogens with one attached hydrogen (secondary N) is 1. The summed E-state index contributed by atoms with van der Waals surface area (Å²) in [6.45, 7) is 1.84. The molecule has 0 atom stereocenters. The van der Waals surface area contributed by atoms with Crippen molar-refractivity contribution in [2.24, 2.45) is 0 Å². The largest absolute Gasteiger partial charge is 0.496 e. The molecule has 0 fully saturated rings. The van der Waals surface area contributed by atoms with Gasteiger partial charge >= 0.3 is 0 Å². The molecule has 2 aromatic carbocycles. The lowest BCUT2D eigenvalue weighted by atomic mass is 10.2. The zero-order valence-electron chi connectivity index (χ0n) is 11.6. The lowest BCUT2D eigenvalue weighted by Crippen LogP contribution is -2.14. The van der Waals surface area contributed by atoms with Crippen molar-refractivity contribution in [3.63, 3.8) is 0 Å². The number of halogens is 1. The molecule has 0 amide bonds. The second-order valence-corrected chi connectivity index (χ2v) is 7.04. The van der Waals surface area contributed by atoms with Crippen LogP contribution in [0.5, 0.6) is 5.75 Å². The second kappa shape index (κ2) is 5.95. The molecule has 0 saturated carbocycles. The van der Waals surface area contributed by atoms with E-state index in [0.717, 1.165) is 10.0 Å². The van der Waals surface area contributed by atoms with Gasteiger partial charge in [0.25, 0.3) is 10.0 Å². The van der Waals surface area contributed by atoms with Crippen molar-refractivity contribution >= 4 is 37.3 Å². The van der Waals surface area contributed by atoms with Crippen LogP contribution in [-0.2, 0) is 10.0 Å². The summed E-state index contributed by atoms with van der Waals surface area (Å²) in [6.07, 6.45) is 0. The van der Waals surface area contributed by atoms with E-state index < -0.39 is 10.0 Å². The number of anilines is 2. The molecular formula is C14H15BrN2O3S. The Morgan fingerprint density at radius 2 is 1.90 bits per heavy atom. The third kappa shape index (κ3) is 3.48. The molecule has 0 aliphatic rings. The topological polar surface area (TPSA) is 81.4 Å². The fourth-order valence-electron chi connectivity index (χ4n) is 1.92. The molecule has 0 unspecified atom stereocenters. The lowest BCUT2D eigenvalue weighted by molar-refractivity contribution is 0.412. The van der Waals surface area contributed by atoms with Gasteiger partial charge in [-0.1, -0.05) is 15.9 Å². The molecule has 0 saturated heterocycles. The SMILES string of the molecule is COc1ccc(NS(=O)(=O)c2ccc(Br)cc2N)cc1C. The molecular weight excluding hydrogens is 356 g/mol. The monoisotopic (exact) mass is 370 g/mol. The van der Waals surface area contributed by atoms with E-state index in [2.05, 4.69) is 20.7 Å². The molecule has 5 nitrogen and oxygen atoms in total. The molecule has 0 spiro atoms. The van der Waals surface area contributed by atoms with E-state index in [9.17, 15) is 8.42 Å². The summed E-state index contributed by atoms with van der Waals surface area (Å²) in [5.74, 6) is 0.695. The maximum absolute atomic E-state index is 12.4. The number of hydrogen-bond donors (Lipinski definition) is 2. The van der Waals surface area contributed by atoms with Crippen molar-refractivity contribution in [1.29, 1.82) is 0 Å². The molecule has 112 valence electrons. The quantitative estimate of drug-likeness (QED) is 0.809. The predicted molar refractivity (Wildman–Crippen MR) is 87.1 cm³/mol. The Morgan fingerprint density at radius 3 is 2.48 bits per heavy atom. The van der Waals surface area contributed by atoms with E-state index in [4.69, 9.17) is 10.5 Å². The van der Waals surface area contributed by atoms with Gasteiger partial charge < -0.3 is 10.5 Å². The Kier molecular flexibility index (Phi) is 4.43. The number of rotatable bonds is 4. The van der Waals surface area contributed by atoms with Crippen LogP contribution in [0.25, 0.3) is 0 Å². The first-order chi connectivity index (χ1) is 9.83. The third-order valence-electron chi connectivity index (χ3n) is 2.91. The number of hydrogen-bond acceptors (Lipinski definition) is 4. The fraction of sp³-hybridized carbons (Fsp3) is 0.143. The minimum absolute atomic E-state index is 0.0409. The van der Waals surface area contributed by atoms with Crippen LogP contribution in [0.3, 0.4) is 0 Å². The zero-order valence-corrected chi connectivity index (χ0v) is 14.0. The van der Waals surface area contributed by atoms with Crippen LogP contribution in [0.15, 0.2) is 45.8 Å². The molecule has 3 N–H and O–H groups in total. The number of aryl methyl sites for hydroxylation is 1. The van der Waals surface area contributed by atoms with Crippen molar-refractivity contribution in [3.8, 4) is 5.75 Å². The lowest BCUT2D eigenvalue weighted by Gasteiger charge is -2.12. The first-order valence-corrected chi connectivity index (χ1v) is 8.33. The van der Waals surface area contributed by atoms with E-state index >= 15 is 0 Å². The molecule has 2 aromatic rings. The van der Waals surface area contributed by atoms with Gasteiger partial charge in [-0.15, -0.1) is 0 Å². The summed E-state index contributed by atoms with van der Waals surface area (Å²) >= 11 is 3.25. The van der Waals surface area contributed by atoms with Gasteiger partial charge in [0.1, 0.15) is 10.6 Å². The van der Waals surface area contributed by atoms with Crippen LogP contribution in [-0.4, -0.2) is 15.5 Å². The van der Waals surface area contributed by atoms with Crippen molar-refractivity contribution in [2.45, 2.75) is 11.8 Å². The number of nitrogens with two attached hydrogens (primary N) is 1. The minimum atomic E-state index is -3.73. The molecule has 0 radical (unpaired) electrons. The standard InChI is InChI=1S/C14H15BrN2O3S/c1-9-7-11(4-5-13(9)20-2)17-21(18,19)14-6-3-10(15)8-12(14)16/h3-8,17H,16H2,1-2H3. The van der Waals surface area contributed by atoms with Gasteiger partial charge in [0.15, 0.2) is 0 Å². The van der Waals surface area contributed by atoms with E-state index in [1.165, 1.54) is 6.07 Å². The first-order valence-electron chi connectivity index (χ1n) is 6.06. The Balaban J connectivity index is 2.35. The third-order valence-corrected chi connectivity index (χ3v) is 4.86. The molecule has 7 heteroatoms. The van der Waals surface area contributed by atoms with Crippen LogP contribution < -0.4 is 15.2 Å². The maximum atomic E-state index is 12.4. The van der Waals surface area contributed by atoms with E-state index in [-0.39, 0.29) is 10.6 Å². The Bertz CT molecular complexity index is 776. The Hall–Kier alpha value is -1.73. The number of methoxy groups -OCH3 is 1. The summed E-state index contributed by atoms with van der Waals surface area (Å²) in [4.78, 5) is 0.0409. The Morgan fingerprint density at radius 1 is 1.19 bits per heavy atom. The fourth-order valence-corrected chi connectivity index (χ4v) is 3.46. The van der Waals surface area contributed by atoms with E-state index in [0.29, 0.717) is 11.4 Å². The normalized spacial score (nSPS) is 11.2. The summed E-state index contributed by atoms with van der Waals surface area (Å²) in [5, 5.41) is 0. The van der Waals surface area contributed by atoms with Gasteiger partial charge in [-0.2, -0.15) is 0 Å². The highest BCUT2D eigenvalue weighted by Crippen LogP contribution is 2.27. The molecule has 0 heterocycles. The summed E-state index contributed by atoms with van der Waals surface area (Å²) in [5.41, 5.74) is 7.24. The van der Waals surface area contributed by atoms with E-state index in [1.807, 2.05) is 6.92 Å². The minimum Gasteiger partial charge on any atom is -0.496 e. The number of nitrogen functional groups attached to an aromatic ring is 1. The molecule has 2 rings (SSSR count). The van der Waals surface area contributed by atoms with Crippen LogP contribution in [0.1, 0.15) is 5.56 Å². The summed E-state index contributed by atoms with van der Waals surface area (Å²) < 4.78 is 33.1. The van der Waals surface area contributed by atoms with Crippen LogP contribution >= 0.6 is 15.9 Å². The zero-order chi connectivity index (χ0) is 15.6. The number of ether oxygens (including phenoxy) is 1. The highest BCUT2D eigenvalue weighted by molar-refractivity contribution is 9.10. The first kappa shape index (κ1) is 15.7. The molecule has 0 bridgehead atoms. The molecule has 0 aromatic heterocycles. The van der Waals surface area contributed by atoms with Gasteiger partial charge in [-0.3, -0.25) is 4.72 Å². The molecule has 0 aliphatic heterocycles. The smallest absolute Gasteiger partial charge is 0.263 e. The van der Waals surface area contributed by atoms with Crippen LogP contribution in [0, 0.1) is 6.92 Å². The van der Waals surface area contributed by atoms with Gasteiger partial charge in [-0.25, -0.2) is 8.42 Å². The van der Waals surface area contributed by atoms with Crippen LogP contribution in [0.4, 0.5) is 11.4 Å². The van der Waals surface area contributed by atoms with Crippen molar-refractivity contribution in [1.82, 2.24) is 0 Å². The molecule has 0 aliphatic carbocycles. The van der Waals surface area contributed by atoms with Gasteiger partial charge in [0, 0.05) is 10.2 Å². The van der Waals surface area contributed by atoms with Gasteiger partial charge in [-0.05, 0) is 48.9 Å². The average molecular weight is 371 g/mol. The molecule has 21 heavy (non-hydrogen) atoms. The van der Waals surface area contributed by atoms with E-state index in [1.54, 1.807) is 37.4 Å². The van der Waals surface area contributed by atoms with Crippen LogP contribution in [0.2, 0.25) is 0 Å². The van der Waals surface area contributed by atoms with Gasteiger partial charge in [0.2, 0.25) is 0 Å². The average Bonchev–Trinajstić information content (AvgIpc) is 2.37. The maximum Gasteiger partial charge on any atom is 0.263 e. The van der Waals surface area contributed by atoms with Crippen molar-refractivity contribution in [3.05, 3.63) is 46.4 Å². The highest BCUT2D eigenvalue weighted by atomic mass is 79.9. The Labute approximate surface area is 132 Å².